The summed E-state index contributed by atoms with van der Waals surface area (Å²) < 4.78 is 20.3. The van der Waals surface area contributed by atoms with Crippen molar-refractivity contribution in [3.05, 3.63) is 88.3 Å². The van der Waals surface area contributed by atoms with Crippen LogP contribution in [0.3, 0.4) is 0 Å². The summed E-state index contributed by atoms with van der Waals surface area (Å²) in [4.78, 5) is 25.6. The van der Waals surface area contributed by atoms with E-state index in [0.717, 1.165) is 11.3 Å². The van der Waals surface area contributed by atoms with Crippen molar-refractivity contribution in [1.29, 1.82) is 0 Å². The molecule has 1 aromatic carbocycles. The zero-order valence-electron chi connectivity index (χ0n) is 18.9. The summed E-state index contributed by atoms with van der Waals surface area (Å²) in [6, 6.07) is 9.78. The van der Waals surface area contributed by atoms with Crippen LogP contribution in [-0.2, 0) is 4.74 Å². The van der Waals surface area contributed by atoms with Crippen molar-refractivity contribution in [3.8, 4) is 28.2 Å². The van der Waals surface area contributed by atoms with Gasteiger partial charge in [0.25, 0.3) is 0 Å². The molecular weight excluding hydrogens is 503 g/mol. The first-order chi connectivity index (χ1) is 17.5. The van der Waals surface area contributed by atoms with Crippen molar-refractivity contribution in [2.75, 3.05) is 11.9 Å². The largest absolute Gasteiger partial charge is 0.462 e. The van der Waals surface area contributed by atoms with Gasteiger partial charge in [-0.1, -0.05) is 11.6 Å². The molecule has 0 atom stereocenters. The highest BCUT2D eigenvalue weighted by atomic mass is 35.5. The molecule has 0 aliphatic heterocycles. The van der Waals surface area contributed by atoms with Gasteiger partial charge in [-0.25, -0.2) is 18.9 Å². The second-order valence-corrected chi connectivity index (χ2v) is 8.71. The summed E-state index contributed by atoms with van der Waals surface area (Å²) in [6.07, 6.45) is 6.45. The fourth-order valence-electron chi connectivity index (χ4n) is 3.43. The summed E-state index contributed by atoms with van der Waals surface area (Å²) in [5.74, 6) is -0.297. The van der Waals surface area contributed by atoms with Crippen LogP contribution in [-0.4, -0.2) is 37.3 Å². The molecule has 0 radical (unpaired) electrons. The van der Waals surface area contributed by atoms with Crippen LogP contribution in [0.25, 0.3) is 28.2 Å². The molecule has 0 saturated carbocycles. The van der Waals surface area contributed by atoms with Crippen LogP contribution in [0.4, 0.5) is 16.0 Å². The maximum Gasteiger partial charge on any atom is 0.339 e. The third kappa shape index (κ3) is 4.95. The van der Waals surface area contributed by atoms with Gasteiger partial charge >= 0.3 is 5.97 Å². The lowest BCUT2D eigenvalue weighted by Crippen LogP contribution is -2.08. The Labute approximate surface area is 214 Å². The molecule has 5 aromatic rings. The zero-order valence-corrected chi connectivity index (χ0v) is 20.4. The van der Waals surface area contributed by atoms with Gasteiger partial charge in [0.2, 0.25) is 5.95 Å². The number of carbonyl (C=O) groups is 1. The smallest absolute Gasteiger partial charge is 0.339 e. The molecule has 5 rings (SSSR count). The lowest BCUT2D eigenvalue weighted by molar-refractivity contribution is 0.0526. The lowest BCUT2D eigenvalue weighted by atomic mass is 10.1. The summed E-state index contributed by atoms with van der Waals surface area (Å²) in [5.41, 5.74) is 3.79. The monoisotopic (exact) mass is 520 g/mol. The minimum Gasteiger partial charge on any atom is -0.462 e. The number of hydrogen-bond donors (Lipinski definition) is 1. The SMILES string of the molecule is CCOC(=O)c1cncc(-c2cnc(Nc3ccc(F)c(Cl)c3)nc2-n2ccc(-c3ccsc3)n2)c1. The van der Waals surface area contributed by atoms with Crippen LogP contribution < -0.4 is 5.32 Å². The molecule has 4 heterocycles. The lowest BCUT2D eigenvalue weighted by Gasteiger charge is -2.12. The summed E-state index contributed by atoms with van der Waals surface area (Å²) in [5, 5.41) is 11.7. The standard InChI is InChI=1S/C25H18ClFN6O2S/c1-2-35-24(34)17-9-16(11-28-12-17)19-13-29-25(30-18-3-4-21(27)20(26)10-18)31-23(19)33-7-5-22(32-33)15-6-8-36-14-15/h3-14H,2H2,1H3,(H,29,30,31). The number of aromatic nitrogens is 5. The molecule has 0 spiro atoms. The molecule has 1 N–H and O–H groups in total. The number of ether oxygens (including phenoxy) is 1. The molecule has 4 aromatic heterocycles. The topological polar surface area (TPSA) is 94.8 Å². The van der Waals surface area contributed by atoms with Crippen molar-refractivity contribution >= 4 is 40.5 Å². The van der Waals surface area contributed by atoms with Gasteiger partial charge in [-0.05, 0) is 48.7 Å². The van der Waals surface area contributed by atoms with E-state index in [1.165, 1.54) is 24.4 Å². The second-order valence-electron chi connectivity index (χ2n) is 7.53. The van der Waals surface area contributed by atoms with E-state index in [1.54, 1.807) is 47.6 Å². The predicted octanol–water partition coefficient (Wildman–Crippen LogP) is 6.17. The molecule has 8 nitrogen and oxygen atoms in total. The first kappa shape index (κ1) is 23.6. The Morgan fingerprint density at radius 3 is 2.83 bits per heavy atom. The Bertz CT molecular complexity index is 1540. The summed E-state index contributed by atoms with van der Waals surface area (Å²) in [7, 11) is 0. The van der Waals surface area contributed by atoms with E-state index < -0.39 is 11.8 Å². The number of pyridine rings is 1. The average molecular weight is 521 g/mol. The first-order valence-corrected chi connectivity index (χ1v) is 12.1. The molecular formula is C25H18ClFN6O2S. The van der Waals surface area contributed by atoms with Crippen molar-refractivity contribution in [1.82, 2.24) is 24.7 Å². The molecule has 36 heavy (non-hydrogen) atoms. The van der Waals surface area contributed by atoms with Crippen molar-refractivity contribution in [2.24, 2.45) is 0 Å². The maximum atomic E-state index is 13.6. The number of nitrogens with zero attached hydrogens (tertiary/aromatic N) is 5. The van der Waals surface area contributed by atoms with Gasteiger partial charge in [-0.2, -0.15) is 21.4 Å². The van der Waals surface area contributed by atoms with Crippen LogP contribution in [0, 0.1) is 5.82 Å². The highest BCUT2D eigenvalue weighted by molar-refractivity contribution is 7.08. The Morgan fingerprint density at radius 1 is 1.17 bits per heavy atom. The number of halogens is 2. The van der Waals surface area contributed by atoms with E-state index in [-0.39, 0.29) is 17.6 Å². The van der Waals surface area contributed by atoms with E-state index in [2.05, 4.69) is 20.3 Å². The zero-order chi connectivity index (χ0) is 25.1. The minimum atomic E-state index is -0.523. The molecule has 0 bridgehead atoms. The quantitative estimate of drug-likeness (QED) is 0.256. The van der Waals surface area contributed by atoms with Crippen molar-refractivity contribution < 1.29 is 13.9 Å². The predicted molar refractivity (Wildman–Crippen MR) is 136 cm³/mol. The van der Waals surface area contributed by atoms with Gasteiger partial charge in [0, 0.05) is 52.5 Å². The fourth-order valence-corrected chi connectivity index (χ4v) is 4.26. The van der Waals surface area contributed by atoms with Crippen LogP contribution in [0.5, 0.6) is 0 Å². The van der Waals surface area contributed by atoms with Gasteiger partial charge in [0.05, 0.1) is 22.9 Å². The fraction of sp³-hybridized carbons (Fsp3) is 0.0800. The van der Waals surface area contributed by atoms with Crippen molar-refractivity contribution in [3.63, 3.8) is 0 Å². The number of esters is 1. The number of benzene rings is 1. The van der Waals surface area contributed by atoms with Gasteiger partial charge in [-0.15, -0.1) is 0 Å². The number of anilines is 2. The average Bonchev–Trinajstić information content (AvgIpc) is 3.59. The highest BCUT2D eigenvalue weighted by Crippen LogP contribution is 2.29. The number of rotatable bonds is 7. The Morgan fingerprint density at radius 2 is 2.06 bits per heavy atom. The van der Waals surface area contributed by atoms with E-state index in [1.807, 2.05) is 22.9 Å². The Hall–Kier alpha value is -4.15. The number of thiophene rings is 1. The van der Waals surface area contributed by atoms with E-state index >= 15 is 0 Å². The Balaban J connectivity index is 1.58. The third-order valence-electron chi connectivity index (χ3n) is 5.13. The van der Waals surface area contributed by atoms with Crippen LogP contribution in [0.1, 0.15) is 17.3 Å². The maximum absolute atomic E-state index is 13.6. The highest BCUT2D eigenvalue weighted by Gasteiger charge is 2.17. The molecule has 11 heteroatoms. The number of hydrogen-bond acceptors (Lipinski definition) is 8. The van der Waals surface area contributed by atoms with Gasteiger partial charge in [0.15, 0.2) is 5.82 Å². The van der Waals surface area contributed by atoms with E-state index in [0.29, 0.717) is 28.2 Å². The summed E-state index contributed by atoms with van der Waals surface area (Å²) >= 11 is 7.49. The normalized spacial score (nSPS) is 10.9. The molecule has 0 amide bonds. The van der Waals surface area contributed by atoms with Crippen LogP contribution in [0.15, 0.2) is 71.9 Å². The van der Waals surface area contributed by atoms with Crippen LogP contribution >= 0.6 is 22.9 Å². The number of carbonyl (C=O) groups excluding carboxylic acids is 1. The first-order valence-electron chi connectivity index (χ1n) is 10.8. The molecule has 0 fully saturated rings. The molecule has 0 aliphatic carbocycles. The third-order valence-corrected chi connectivity index (χ3v) is 6.10. The van der Waals surface area contributed by atoms with Gasteiger partial charge < -0.3 is 10.1 Å². The van der Waals surface area contributed by atoms with Gasteiger partial charge in [0.1, 0.15) is 5.82 Å². The molecule has 0 saturated heterocycles. The molecule has 0 aliphatic rings. The van der Waals surface area contributed by atoms with E-state index in [9.17, 15) is 9.18 Å². The molecule has 0 unspecified atom stereocenters. The number of nitrogens with one attached hydrogen (secondary N) is 1. The van der Waals surface area contributed by atoms with E-state index in [4.69, 9.17) is 21.4 Å². The minimum absolute atomic E-state index is 0.0221. The van der Waals surface area contributed by atoms with Crippen molar-refractivity contribution in [2.45, 2.75) is 6.92 Å². The summed E-state index contributed by atoms with van der Waals surface area (Å²) in [6.45, 7) is 1.99. The van der Waals surface area contributed by atoms with Crippen LogP contribution in [0.2, 0.25) is 5.02 Å². The Kier molecular flexibility index (Phi) is 6.70. The second kappa shape index (κ2) is 10.2. The van der Waals surface area contributed by atoms with Gasteiger partial charge in [-0.3, -0.25) is 4.98 Å². The molecule has 180 valence electrons.